The Hall–Kier alpha value is -0.0600. The van der Waals surface area contributed by atoms with Gasteiger partial charge in [0, 0.05) is 28.6 Å². The van der Waals surface area contributed by atoms with E-state index in [1.807, 2.05) is 0 Å². The topological polar surface area (TPSA) is 24.9 Å². The monoisotopic (exact) mass is 298 g/mol. The van der Waals surface area contributed by atoms with Crippen molar-refractivity contribution in [3.05, 3.63) is 16.1 Å². The number of hydrogen-bond donors (Lipinski definition) is 1. The first-order chi connectivity index (χ1) is 9.08. The van der Waals surface area contributed by atoms with Gasteiger partial charge in [-0.05, 0) is 33.6 Å². The van der Waals surface area contributed by atoms with Crippen LogP contribution in [0.25, 0.3) is 0 Å². The molecular formula is C15H26N2S2. The second-order valence-corrected chi connectivity index (χ2v) is 8.24. The fraction of sp³-hybridized carbons (Fsp3) is 0.800. The van der Waals surface area contributed by atoms with E-state index >= 15 is 0 Å². The fourth-order valence-corrected chi connectivity index (χ4v) is 4.66. The minimum Gasteiger partial charge on any atom is -0.305 e. The molecule has 1 aromatic rings. The quantitative estimate of drug-likeness (QED) is 0.791. The third kappa shape index (κ3) is 4.76. The standard InChI is InChI=1S/C15H26N2S2/c1-12-11-19-14(17-12)15(2,3)16-9-10-18-13-7-5-4-6-8-13/h11,13,16H,4-10H2,1-3H3. The van der Waals surface area contributed by atoms with Gasteiger partial charge in [0.05, 0.1) is 5.54 Å². The second-order valence-electron chi connectivity index (χ2n) is 5.98. The molecule has 0 amide bonds. The van der Waals surface area contributed by atoms with E-state index < -0.39 is 0 Å². The van der Waals surface area contributed by atoms with E-state index in [0.717, 1.165) is 17.5 Å². The summed E-state index contributed by atoms with van der Waals surface area (Å²) in [6, 6.07) is 0. The molecule has 0 aromatic carbocycles. The SMILES string of the molecule is Cc1csc(C(C)(C)NCCSC2CCCCC2)n1. The van der Waals surface area contributed by atoms with Gasteiger partial charge in [0.15, 0.2) is 0 Å². The molecule has 0 bridgehead atoms. The van der Waals surface area contributed by atoms with Crippen LogP contribution in [-0.2, 0) is 5.54 Å². The highest BCUT2D eigenvalue weighted by Gasteiger charge is 2.23. The van der Waals surface area contributed by atoms with Gasteiger partial charge in [-0.1, -0.05) is 19.3 Å². The molecule has 0 aliphatic heterocycles. The molecule has 1 aliphatic rings. The van der Waals surface area contributed by atoms with Gasteiger partial charge in [-0.3, -0.25) is 0 Å². The molecule has 0 saturated heterocycles. The van der Waals surface area contributed by atoms with Crippen LogP contribution in [0.4, 0.5) is 0 Å². The zero-order valence-corrected chi connectivity index (χ0v) is 14.0. The van der Waals surface area contributed by atoms with E-state index in [1.165, 1.54) is 42.9 Å². The lowest BCUT2D eigenvalue weighted by atomic mass is 10.0. The largest absolute Gasteiger partial charge is 0.305 e. The summed E-state index contributed by atoms with van der Waals surface area (Å²) in [6.07, 6.45) is 7.19. The van der Waals surface area contributed by atoms with E-state index in [1.54, 1.807) is 11.3 Å². The fourth-order valence-electron chi connectivity index (χ4n) is 2.54. The van der Waals surface area contributed by atoms with E-state index in [-0.39, 0.29) is 5.54 Å². The average molecular weight is 299 g/mol. The van der Waals surface area contributed by atoms with Gasteiger partial charge in [-0.25, -0.2) is 4.98 Å². The van der Waals surface area contributed by atoms with Gasteiger partial charge in [0.1, 0.15) is 5.01 Å². The van der Waals surface area contributed by atoms with Crippen molar-refractivity contribution < 1.29 is 0 Å². The molecule has 1 N–H and O–H groups in total. The van der Waals surface area contributed by atoms with Gasteiger partial charge in [0.25, 0.3) is 0 Å². The van der Waals surface area contributed by atoms with Gasteiger partial charge < -0.3 is 5.32 Å². The van der Waals surface area contributed by atoms with Crippen LogP contribution in [0.15, 0.2) is 5.38 Å². The van der Waals surface area contributed by atoms with Gasteiger partial charge in [-0.15, -0.1) is 11.3 Å². The van der Waals surface area contributed by atoms with Crippen molar-refractivity contribution in [2.45, 2.75) is 63.7 Å². The molecule has 19 heavy (non-hydrogen) atoms. The first kappa shape index (κ1) is 15.3. The Kier molecular flexibility index (Phi) is 5.72. The molecule has 0 atom stereocenters. The zero-order chi connectivity index (χ0) is 13.7. The Balaban J connectivity index is 1.69. The molecule has 1 aliphatic carbocycles. The molecule has 0 radical (unpaired) electrons. The van der Waals surface area contributed by atoms with E-state index in [4.69, 9.17) is 0 Å². The van der Waals surface area contributed by atoms with Gasteiger partial charge >= 0.3 is 0 Å². The van der Waals surface area contributed by atoms with Crippen molar-refractivity contribution in [3.8, 4) is 0 Å². The molecule has 108 valence electrons. The van der Waals surface area contributed by atoms with Crippen molar-refractivity contribution in [1.29, 1.82) is 0 Å². The Labute approximate surface area is 125 Å². The first-order valence-electron chi connectivity index (χ1n) is 7.37. The van der Waals surface area contributed by atoms with Crippen LogP contribution >= 0.6 is 23.1 Å². The van der Waals surface area contributed by atoms with Crippen LogP contribution in [0.1, 0.15) is 56.7 Å². The predicted octanol–water partition coefficient (Wildman–Crippen LogP) is 4.34. The molecule has 0 spiro atoms. The zero-order valence-electron chi connectivity index (χ0n) is 12.4. The summed E-state index contributed by atoms with van der Waals surface area (Å²) in [5, 5.41) is 7.91. The second kappa shape index (κ2) is 7.09. The van der Waals surface area contributed by atoms with Crippen LogP contribution in [0, 0.1) is 6.92 Å². The summed E-state index contributed by atoms with van der Waals surface area (Å²) in [5.74, 6) is 1.22. The predicted molar refractivity (Wildman–Crippen MR) is 87.2 cm³/mol. The minimum absolute atomic E-state index is 0.00600. The van der Waals surface area contributed by atoms with E-state index in [0.29, 0.717) is 0 Å². The molecule has 4 heteroatoms. The van der Waals surface area contributed by atoms with Gasteiger partial charge in [-0.2, -0.15) is 11.8 Å². The lowest BCUT2D eigenvalue weighted by Gasteiger charge is -2.25. The maximum absolute atomic E-state index is 4.60. The number of nitrogens with zero attached hydrogens (tertiary/aromatic N) is 1. The number of thioether (sulfide) groups is 1. The lowest BCUT2D eigenvalue weighted by Crippen LogP contribution is -2.38. The van der Waals surface area contributed by atoms with Crippen molar-refractivity contribution >= 4 is 23.1 Å². The van der Waals surface area contributed by atoms with Crippen LogP contribution in [0.3, 0.4) is 0 Å². The van der Waals surface area contributed by atoms with Crippen molar-refractivity contribution in [2.24, 2.45) is 0 Å². The molecule has 1 aromatic heterocycles. The number of thiazole rings is 1. The Bertz CT molecular complexity index is 381. The molecule has 1 heterocycles. The summed E-state index contributed by atoms with van der Waals surface area (Å²) in [7, 11) is 0. The third-order valence-corrected chi connectivity index (χ3v) is 6.39. The van der Waals surface area contributed by atoms with Crippen LogP contribution in [0.5, 0.6) is 0 Å². The van der Waals surface area contributed by atoms with Crippen molar-refractivity contribution in [2.75, 3.05) is 12.3 Å². The maximum atomic E-state index is 4.60. The summed E-state index contributed by atoms with van der Waals surface area (Å²) in [5.41, 5.74) is 1.14. The van der Waals surface area contributed by atoms with Crippen molar-refractivity contribution in [3.63, 3.8) is 0 Å². The highest BCUT2D eigenvalue weighted by Crippen LogP contribution is 2.28. The normalized spacial score (nSPS) is 17.8. The molecule has 2 nitrogen and oxygen atoms in total. The van der Waals surface area contributed by atoms with Crippen LogP contribution in [0.2, 0.25) is 0 Å². The summed E-state index contributed by atoms with van der Waals surface area (Å²) in [6.45, 7) is 7.61. The highest BCUT2D eigenvalue weighted by atomic mass is 32.2. The number of hydrogen-bond acceptors (Lipinski definition) is 4. The Morgan fingerprint density at radius 1 is 1.37 bits per heavy atom. The van der Waals surface area contributed by atoms with Crippen LogP contribution in [-0.4, -0.2) is 22.5 Å². The molecule has 0 unspecified atom stereocenters. The number of rotatable bonds is 6. The number of aromatic nitrogens is 1. The van der Waals surface area contributed by atoms with Crippen molar-refractivity contribution in [1.82, 2.24) is 10.3 Å². The molecule has 1 saturated carbocycles. The van der Waals surface area contributed by atoms with Gasteiger partial charge in [0.2, 0.25) is 0 Å². The summed E-state index contributed by atoms with van der Waals surface area (Å²) >= 11 is 3.92. The van der Waals surface area contributed by atoms with E-state index in [2.05, 4.69) is 48.2 Å². The first-order valence-corrected chi connectivity index (χ1v) is 9.30. The molecule has 1 fully saturated rings. The Morgan fingerprint density at radius 3 is 2.74 bits per heavy atom. The maximum Gasteiger partial charge on any atom is 0.112 e. The van der Waals surface area contributed by atoms with E-state index in [9.17, 15) is 0 Å². The highest BCUT2D eigenvalue weighted by molar-refractivity contribution is 7.99. The van der Waals surface area contributed by atoms with Crippen LogP contribution < -0.4 is 5.32 Å². The average Bonchev–Trinajstić information content (AvgIpc) is 2.84. The number of aryl methyl sites for hydroxylation is 1. The number of nitrogens with one attached hydrogen (secondary N) is 1. The minimum atomic E-state index is 0.00600. The third-order valence-electron chi connectivity index (χ3n) is 3.73. The summed E-state index contributed by atoms with van der Waals surface area (Å²) < 4.78 is 0. The lowest BCUT2D eigenvalue weighted by molar-refractivity contribution is 0.414. The molecule has 2 rings (SSSR count). The smallest absolute Gasteiger partial charge is 0.112 e. The Morgan fingerprint density at radius 2 is 2.11 bits per heavy atom. The summed E-state index contributed by atoms with van der Waals surface area (Å²) in [4.78, 5) is 4.60. The molecular weight excluding hydrogens is 272 g/mol.